The first-order chi connectivity index (χ1) is 14.0. The Hall–Kier alpha value is -3.55. The highest BCUT2D eigenvalue weighted by Gasteiger charge is 2.34. The monoisotopic (exact) mass is 397 g/mol. The molecule has 0 aromatic heterocycles. The molecule has 1 aliphatic rings. The first-order valence-corrected chi connectivity index (χ1v) is 9.19. The summed E-state index contributed by atoms with van der Waals surface area (Å²) in [5.74, 6) is 0.278. The number of anilines is 2. The minimum absolute atomic E-state index is 0.0927. The number of benzene rings is 2. The lowest BCUT2D eigenvalue weighted by Crippen LogP contribution is -2.30. The van der Waals surface area contributed by atoms with Gasteiger partial charge in [-0.05, 0) is 36.4 Å². The van der Waals surface area contributed by atoms with Crippen LogP contribution in [0, 0.1) is 5.92 Å². The Morgan fingerprint density at radius 1 is 1.14 bits per heavy atom. The van der Waals surface area contributed by atoms with Gasteiger partial charge in [-0.15, -0.1) is 0 Å². The first kappa shape index (κ1) is 20.2. The van der Waals surface area contributed by atoms with Crippen LogP contribution in [0.1, 0.15) is 6.42 Å². The summed E-state index contributed by atoms with van der Waals surface area (Å²) < 4.78 is 10.6. The zero-order valence-corrected chi connectivity index (χ0v) is 16.3. The molecule has 2 aromatic carbocycles. The van der Waals surface area contributed by atoms with Gasteiger partial charge in [0, 0.05) is 37.5 Å². The van der Waals surface area contributed by atoms with Crippen molar-refractivity contribution >= 4 is 29.1 Å². The molecular weight excluding hydrogens is 374 g/mol. The van der Waals surface area contributed by atoms with Gasteiger partial charge in [-0.3, -0.25) is 14.4 Å². The molecule has 1 saturated heterocycles. The number of hydrogen-bond acceptors (Lipinski definition) is 5. The summed E-state index contributed by atoms with van der Waals surface area (Å²) in [4.78, 5) is 37.6. The summed E-state index contributed by atoms with van der Waals surface area (Å²) in [6.07, 6.45) is 0.197. The topological polar surface area (TPSA) is 97.0 Å². The van der Waals surface area contributed by atoms with Gasteiger partial charge in [-0.1, -0.05) is 6.07 Å². The molecule has 152 valence electrons. The second-order valence-electron chi connectivity index (χ2n) is 6.58. The second kappa shape index (κ2) is 9.09. The van der Waals surface area contributed by atoms with E-state index in [0.29, 0.717) is 29.4 Å². The maximum absolute atomic E-state index is 12.2. The van der Waals surface area contributed by atoms with Crippen molar-refractivity contribution in [2.75, 3.05) is 37.5 Å². The maximum Gasteiger partial charge on any atom is 0.262 e. The van der Waals surface area contributed by atoms with E-state index >= 15 is 0 Å². The van der Waals surface area contributed by atoms with Gasteiger partial charge in [0.15, 0.2) is 6.61 Å². The molecule has 2 aromatic rings. The molecule has 1 aliphatic heterocycles. The van der Waals surface area contributed by atoms with Gasteiger partial charge in [0.25, 0.3) is 5.91 Å². The van der Waals surface area contributed by atoms with Gasteiger partial charge in [0.2, 0.25) is 11.8 Å². The zero-order valence-electron chi connectivity index (χ0n) is 16.3. The lowest BCUT2D eigenvalue weighted by molar-refractivity contribution is -0.125. The average Bonchev–Trinajstić information content (AvgIpc) is 3.13. The third-order valence-corrected chi connectivity index (χ3v) is 4.61. The zero-order chi connectivity index (χ0) is 20.8. The molecule has 3 amide bonds. The van der Waals surface area contributed by atoms with E-state index in [-0.39, 0.29) is 36.7 Å². The number of ether oxygens (including phenoxy) is 2. The molecule has 1 fully saturated rings. The normalized spacial score (nSPS) is 15.7. The second-order valence-corrected chi connectivity index (χ2v) is 6.58. The Labute approximate surface area is 168 Å². The van der Waals surface area contributed by atoms with Crippen LogP contribution in [0.3, 0.4) is 0 Å². The predicted octanol–water partition coefficient (Wildman–Crippen LogP) is 1.81. The molecule has 0 aliphatic carbocycles. The van der Waals surface area contributed by atoms with Crippen LogP contribution in [0.5, 0.6) is 11.5 Å². The van der Waals surface area contributed by atoms with Gasteiger partial charge < -0.3 is 25.0 Å². The van der Waals surface area contributed by atoms with E-state index in [1.807, 2.05) is 0 Å². The van der Waals surface area contributed by atoms with Gasteiger partial charge in [0.1, 0.15) is 11.5 Å². The van der Waals surface area contributed by atoms with Gasteiger partial charge >= 0.3 is 0 Å². The van der Waals surface area contributed by atoms with Crippen molar-refractivity contribution in [1.29, 1.82) is 0 Å². The largest absolute Gasteiger partial charge is 0.497 e. The molecule has 0 bridgehead atoms. The number of carbonyl (C=O) groups is 3. The van der Waals surface area contributed by atoms with Crippen LogP contribution in [0.4, 0.5) is 11.4 Å². The molecule has 2 N–H and O–H groups in total. The lowest BCUT2D eigenvalue weighted by atomic mass is 10.1. The van der Waals surface area contributed by atoms with Crippen LogP contribution >= 0.6 is 0 Å². The Kier molecular flexibility index (Phi) is 6.33. The minimum atomic E-state index is -0.344. The van der Waals surface area contributed by atoms with E-state index in [2.05, 4.69) is 10.6 Å². The summed E-state index contributed by atoms with van der Waals surface area (Å²) in [6.45, 7) is 0.194. The van der Waals surface area contributed by atoms with E-state index in [9.17, 15) is 14.4 Å². The molecule has 0 spiro atoms. The van der Waals surface area contributed by atoms with Gasteiger partial charge in [-0.25, -0.2) is 0 Å². The molecule has 1 heterocycles. The molecule has 1 atom stereocenters. The Balaban J connectivity index is 1.53. The molecule has 0 radical (unpaired) electrons. The number of hydrogen-bond donors (Lipinski definition) is 2. The Bertz CT molecular complexity index is 897. The van der Waals surface area contributed by atoms with Gasteiger partial charge in [0.05, 0.1) is 13.0 Å². The lowest BCUT2D eigenvalue weighted by Gasteiger charge is -2.17. The Morgan fingerprint density at radius 2 is 1.90 bits per heavy atom. The van der Waals surface area contributed by atoms with Crippen LogP contribution in [-0.2, 0) is 14.4 Å². The van der Waals surface area contributed by atoms with E-state index in [4.69, 9.17) is 9.47 Å². The minimum Gasteiger partial charge on any atom is -0.497 e. The van der Waals surface area contributed by atoms with Crippen molar-refractivity contribution in [3.63, 3.8) is 0 Å². The quantitative estimate of drug-likeness (QED) is 0.743. The molecule has 8 nitrogen and oxygen atoms in total. The van der Waals surface area contributed by atoms with Crippen molar-refractivity contribution in [2.45, 2.75) is 6.42 Å². The smallest absolute Gasteiger partial charge is 0.262 e. The number of rotatable bonds is 7. The van der Waals surface area contributed by atoms with Crippen molar-refractivity contribution in [1.82, 2.24) is 5.32 Å². The summed E-state index contributed by atoms with van der Waals surface area (Å²) >= 11 is 0. The molecule has 0 unspecified atom stereocenters. The number of methoxy groups -OCH3 is 1. The molecule has 8 heteroatoms. The third-order valence-electron chi connectivity index (χ3n) is 4.61. The van der Waals surface area contributed by atoms with Crippen molar-refractivity contribution in [3.8, 4) is 11.5 Å². The van der Waals surface area contributed by atoms with Crippen LogP contribution < -0.4 is 25.0 Å². The van der Waals surface area contributed by atoms with E-state index in [0.717, 1.165) is 0 Å². The highest BCUT2D eigenvalue weighted by atomic mass is 16.5. The van der Waals surface area contributed by atoms with Crippen LogP contribution in [-0.4, -0.2) is 45.0 Å². The fraction of sp³-hybridized carbons (Fsp3) is 0.286. The SMILES string of the molecule is CNC(=O)[C@@H]1CC(=O)N(c2ccc(OCC(=O)Nc3cccc(OC)c3)cc2)C1. The third kappa shape index (κ3) is 5.04. The van der Waals surface area contributed by atoms with Crippen molar-refractivity contribution < 1.29 is 23.9 Å². The Morgan fingerprint density at radius 3 is 2.59 bits per heavy atom. The van der Waals surface area contributed by atoms with Crippen molar-refractivity contribution in [2.24, 2.45) is 5.92 Å². The standard InChI is InChI=1S/C21H23N3O5/c1-22-21(27)14-10-20(26)24(12-14)16-6-8-17(9-7-16)29-13-19(25)23-15-4-3-5-18(11-15)28-2/h3-9,11,14H,10,12-13H2,1-2H3,(H,22,27)(H,23,25)/t14-/m1/s1. The molecule has 0 saturated carbocycles. The highest BCUT2D eigenvalue weighted by molar-refractivity contribution is 6.00. The number of nitrogens with zero attached hydrogens (tertiary/aromatic N) is 1. The highest BCUT2D eigenvalue weighted by Crippen LogP contribution is 2.27. The van der Waals surface area contributed by atoms with Crippen LogP contribution in [0.2, 0.25) is 0 Å². The number of carbonyl (C=O) groups excluding carboxylic acids is 3. The fourth-order valence-electron chi connectivity index (χ4n) is 3.11. The fourth-order valence-corrected chi connectivity index (χ4v) is 3.11. The average molecular weight is 397 g/mol. The molecular formula is C21H23N3O5. The maximum atomic E-state index is 12.2. The summed E-state index contributed by atoms with van der Waals surface area (Å²) in [7, 11) is 3.12. The predicted molar refractivity (Wildman–Crippen MR) is 108 cm³/mol. The molecule has 3 rings (SSSR count). The van der Waals surface area contributed by atoms with Crippen LogP contribution in [0.15, 0.2) is 48.5 Å². The van der Waals surface area contributed by atoms with E-state index in [1.54, 1.807) is 67.6 Å². The first-order valence-electron chi connectivity index (χ1n) is 9.19. The van der Waals surface area contributed by atoms with E-state index in [1.165, 1.54) is 0 Å². The summed E-state index contributed by atoms with van der Waals surface area (Å²) in [6, 6.07) is 13.9. The molecule has 29 heavy (non-hydrogen) atoms. The number of nitrogens with one attached hydrogen (secondary N) is 2. The van der Waals surface area contributed by atoms with E-state index < -0.39 is 0 Å². The summed E-state index contributed by atoms with van der Waals surface area (Å²) in [5.41, 5.74) is 1.31. The van der Waals surface area contributed by atoms with Gasteiger partial charge in [-0.2, -0.15) is 0 Å². The van der Waals surface area contributed by atoms with Crippen molar-refractivity contribution in [3.05, 3.63) is 48.5 Å². The summed E-state index contributed by atoms with van der Waals surface area (Å²) in [5, 5.41) is 5.31. The van der Waals surface area contributed by atoms with Crippen LogP contribution in [0.25, 0.3) is 0 Å². The number of amides is 3.